The summed E-state index contributed by atoms with van der Waals surface area (Å²) in [5, 5.41) is 3.32. The van der Waals surface area contributed by atoms with Crippen molar-refractivity contribution >= 4 is 29.1 Å². The van der Waals surface area contributed by atoms with Gasteiger partial charge in [0.25, 0.3) is 11.8 Å². The number of likely N-dealkylation sites (N-methyl/N-ethyl adjacent to an activating group) is 2. The topological polar surface area (TPSA) is 53.9 Å². The summed E-state index contributed by atoms with van der Waals surface area (Å²) in [6.07, 6.45) is 0. The summed E-state index contributed by atoms with van der Waals surface area (Å²) >= 11 is 6.11. The molecule has 2 N–H and O–H groups in total. The number of benzene rings is 2. The van der Waals surface area contributed by atoms with Gasteiger partial charge < -0.3 is 15.1 Å². The minimum atomic E-state index is -0.442. The molecule has 5 nitrogen and oxygen atoms in total. The molecule has 2 rings (SSSR count). The number of hydrogen-bond acceptors (Lipinski definition) is 2. The van der Waals surface area contributed by atoms with Gasteiger partial charge in [-0.25, -0.2) is 0 Å². The second-order valence-electron chi connectivity index (χ2n) is 6.41. The molecule has 0 bridgehead atoms. The van der Waals surface area contributed by atoms with Crippen LogP contribution in [0.4, 0.5) is 5.69 Å². The molecule has 2 aromatic carbocycles. The van der Waals surface area contributed by atoms with Crippen LogP contribution < -0.4 is 10.2 Å². The summed E-state index contributed by atoms with van der Waals surface area (Å²) in [4.78, 5) is 28.2. The van der Waals surface area contributed by atoms with Gasteiger partial charge in [-0.3, -0.25) is 9.59 Å². The summed E-state index contributed by atoms with van der Waals surface area (Å²) in [6, 6.07) is 16.3. The van der Waals surface area contributed by atoms with Gasteiger partial charge in [0.1, 0.15) is 0 Å². The minimum absolute atomic E-state index is 0.0224. The third-order valence-corrected chi connectivity index (χ3v) is 4.86. The van der Waals surface area contributed by atoms with E-state index in [2.05, 4.69) is 5.32 Å². The fourth-order valence-corrected chi connectivity index (χ4v) is 3.30. The molecule has 0 aliphatic heterocycles. The van der Waals surface area contributed by atoms with Crippen molar-refractivity contribution in [3.8, 4) is 0 Å². The van der Waals surface area contributed by atoms with Gasteiger partial charge in [-0.2, -0.15) is 0 Å². The Morgan fingerprint density at radius 2 is 1.63 bits per heavy atom. The second-order valence-corrected chi connectivity index (χ2v) is 6.81. The zero-order chi connectivity index (χ0) is 19.8. The number of nitrogens with zero attached hydrogens (tertiary/aromatic N) is 1. The number of amides is 2. The Kier molecular flexibility index (Phi) is 7.82. The van der Waals surface area contributed by atoms with E-state index in [-0.39, 0.29) is 18.4 Å². The SMILES string of the molecule is CCN(CC)C(=O)[C@@H](c1ccccc1)[NH+](C)CC(=O)Nc1ccccc1Cl. The molecule has 1 unspecified atom stereocenters. The lowest BCUT2D eigenvalue weighted by Crippen LogP contribution is -3.11. The Hall–Kier alpha value is -2.37. The molecule has 0 aromatic heterocycles. The van der Waals surface area contributed by atoms with Gasteiger partial charge in [0, 0.05) is 18.7 Å². The number of rotatable bonds is 8. The van der Waals surface area contributed by atoms with E-state index in [9.17, 15) is 9.59 Å². The molecular weight excluding hydrogens is 362 g/mol. The fourth-order valence-electron chi connectivity index (χ4n) is 3.11. The summed E-state index contributed by atoms with van der Waals surface area (Å²) in [7, 11) is 1.87. The molecule has 2 amide bonds. The average molecular weight is 389 g/mol. The van der Waals surface area contributed by atoms with E-state index in [1.807, 2.05) is 63.4 Å². The Morgan fingerprint density at radius 3 is 2.22 bits per heavy atom. The number of para-hydroxylation sites is 1. The van der Waals surface area contributed by atoms with Crippen LogP contribution in [0.5, 0.6) is 0 Å². The van der Waals surface area contributed by atoms with Crippen molar-refractivity contribution in [2.75, 3.05) is 32.0 Å². The first-order valence-electron chi connectivity index (χ1n) is 9.18. The first-order chi connectivity index (χ1) is 13.0. The maximum atomic E-state index is 13.1. The van der Waals surface area contributed by atoms with Crippen molar-refractivity contribution < 1.29 is 14.5 Å². The number of halogens is 1. The van der Waals surface area contributed by atoms with E-state index in [0.717, 1.165) is 10.5 Å². The van der Waals surface area contributed by atoms with Crippen molar-refractivity contribution in [3.05, 3.63) is 65.2 Å². The van der Waals surface area contributed by atoms with E-state index in [1.165, 1.54) is 0 Å². The Bertz CT molecular complexity index is 763. The monoisotopic (exact) mass is 388 g/mol. The van der Waals surface area contributed by atoms with E-state index in [4.69, 9.17) is 11.6 Å². The molecule has 27 heavy (non-hydrogen) atoms. The lowest BCUT2D eigenvalue weighted by Gasteiger charge is -2.29. The van der Waals surface area contributed by atoms with Crippen LogP contribution in [0.2, 0.25) is 5.02 Å². The van der Waals surface area contributed by atoms with Crippen LogP contribution in [0.25, 0.3) is 0 Å². The summed E-state index contributed by atoms with van der Waals surface area (Å²) in [6.45, 7) is 5.35. The molecule has 0 saturated heterocycles. The highest BCUT2D eigenvalue weighted by molar-refractivity contribution is 6.33. The van der Waals surface area contributed by atoms with E-state index >= 15 is 0 Å². The van der Waals surface area contributed by atoms with Crippen LogP contribution in [-0.2, 0) is 9.59 Å². The van der Waals surface area contributed by atoms with Gasteiger partial charge in [0.15, 0.2) is 12.6 Å². The van der Waals surface area contributed by atoms with Gasteiger partial charge in [-0.05, 0) is 26.0 Å². The first kappa shape index (κ1) is 20.9. The number of anilines is 1. The number of carbonyl (C=O) groups is 2. The molecule has 144 valence electrons. The zero-order valence-electron chi connectivity index (χ0n) is 16.0. The number of hydrogen-bond donors (Lipinski definition) is 2. The van der Waals surface area contributed by atoms with Crippen LogP contribution in [0.1, 0.15) is 25.5 Å². The minimum Gasteiger partial charge on any atom is -0.338 e. The second kappa shape index (κ2) is 10.1. The molecule has 2 atom stereocenters. The predicted octanol–water partition coefficient (Wildman–Crippen LogP) is 2.40. The van der Waals surface area contributed by atoms with Gasteiger partial charge in [0.2, 0.25) is 0 Å². The van der Waals surface area contributed by atoms with Crippen LogP contribution in [0, 0.1) is 0 Å². The van der Waals surface area contributed by atoms with E-state index < -0.39 is 6.04 Å². The standard InChI is InChI=1S/C21H26ClN3O2/c1-4-25(5-2)21(27)20(16-11-7-6-8-12-16)24(3)15-19(26)23-18-14-10-9-13-17(18)22/h6-14,20H,4-5,15H2,1-3H3,(H,23,26)/p+1/t20-/m1/s1. The molecule has 0 fully saturated rings. The largest absolute Gasteiger partial charge is 0.338 e. The Morgan fingerprint density at radius 1 is 1.04 bits per heavy atom. The number of carbonyl (C=O) groups excluding carboxylic acids is 2. The molecule has 0 heterocycles. The first-order valence-corrected chi connectivity index (χ1v) is 9.56. The molecule has 0 radical (unpaired) electrons. The van der Waals surface area contributed by atoms with Crippen molar-refractivity contribution in [2.24, 2.45) is 0 Å². The Labute approximate surface area is 165 Å². The van der Waals surface area contributed by atoms with Gasteiger partial charge in [0.05, 0.1) is 17.8 Å². The highest BCUT2D eigenvalue weighted by Gasteiger charge is 2.33. The van der Waals surface area contributed by atoms with Gasteiger partial charge in [-0.15, -0.1) is 0 Å². The molecule has 2 aromatic rings. The van der Waals surface area contributed by atoms with Crippen molar-refractivity contribution in [3.63, 3.8) is 0 Å². The highest BCUT2D eigenvalue weighted by atomic mass is 35.5. The lowest BCUT2D eigenvalue weighted by molar-refractivity contribution is -0.894. The van der Waals surface area contributed by atoms with Crippen LogP contribution in [0.3, 0.4) is 0 Å². The third kappa shape index (κ3) is 5.55. The molecule has 0 aliphatic rings. The highest BCUT2D eigenvalue weighted by Crippen LogP contribution is 2.20. The molecule has 0 spiro atoms. The average Bonchev–Trinajstić information content (AvgIpc) is 2.65. The van der Waals surface area contributed by atoms with Crippen molar-refractivity contribution in [2.45, 2.75) is 19.9 Å². The van der Waals surface area contributed by atoms with Gasteiger partial charge >= 0.3 is 0 Å². The van der Waals surface area contributed by atoms with Crippen LogP contribution in [0.15, 0.2) is 54.6 Å². The Balaban J connectivity index is 2.18. The van der Waals surface area contributed by atoms with Crippen molar-refractivity contribution in [1.29, 1.82) is 0 Å². The van der Waals surface area contributed by atoms with Crippen LogP contribution >= 0.6 is 11.6 Å². The molecule has 0 aliphatic carbocycles. The number of quaternary nitrogens is 1. The fraction of sp³-hybridized carbons (Fsp3) is 0.333. The zero-order valence-corrected chi connectivity index (χ0v) is 16.8. The maximum absolute atomic E-state index is 13.1. The van der Waals surface area contributed by atoms with E-state index in [0.29, 0.717) is 23.8 Å². The normalized spacial score (nSPS) is 12.9. The lowest BCUT2D eigenvalue weighted by atomic mass is 10.0. The smallest absolute Gasteiger partial charge is 0.285 e. The maximum Gasteiger partial charge on any atom is 0.285 e. The van der Waals surface area contributed by atoms with Crippen molar-refractivity contribution in [1.82, 2.24) is 4.90 Å². The van der Waals surface area contributed by atoms with Gasteiger partial charge in [-0.1, -0.05) is 54.1 Å². The summed E-state index contributed by atoms with van der Waals surface area (Å²) in [5.41, 5.74) is 1.47. The van der Waals surface area contributed by atoms with Crippen LogP contribution in [-0.4, -0.2) is 43.4 Å². The third-order valence-electron chi connectivity index (χ3n) is 4.54. The van der Waals surface area contributed by atoms with E-state index in [1.54, 1.807) is 17.0 Å². The number of nitrogens with one attached hydrogen (secondary N) is 2. The summed E-state index contributed by atoms with van der Waals surface area (Å²) in [5.74, 6) is -0.164. The quantitative estimate of drug-likeness (QED) is 0.729. The molecule has 6 heteroatoms. The molecular formula is C21H27ClN3O2+. The summed E-state index contributed by atoms with van der Waals surface area (Å²) < 4.78 is 0. The predicted molar refractivity (Wildman–Crippen MR) is 109 cm³/mol. The molecule has 0 saturated carbocycles.